The molecule has 1 spiro atoms. The highest BCUT2D eigenvalue weighted by Gasteiger charge is 2.58. The SMILES string of the molecule is CCCC1(O)OC(C)CC12SCCCS2. The van der Waals surface area contributed by atoms with E-state index in [0.717, 1.165) is 30.8 Å². The van der Waals surface area contributed by atoms with Gasteiger partial charge < -0.3 is 9.84 Å². The summed E-state index contributed by atoms with van der Waals surface area (Å²) in [5.74, 6) is 1.43. The van der Waals surface area contributed by atoms with Gasteiger partial charge in [-0.1, -0.05) is 13.3 Å². The van der Waals surface area contributed by atoms with Crippen LogP contribution in [0.5, 0.6) is 0 Å². The standard InChI is InChI=1S/C11H20O2S2/c1-3-5-10(12)11(8-9(2)13-10)14-6-4-7-15-11/h9,12H,3-8H2,1-2H3. The molecule has 15 heavy (non-hydrogen) atoms. The lowest BCUT2D eigenvalue weighted by atomic mass is 10.1. The Morgan fingerprint density at radius 2 is 2.07 bits per heavy atom. The first-order valence-electron chi connectivity index (χ1n) is 5.80. The molecule has 2 heterocycles. The summed E-state index contributed by atoms with van der Waals surface area (Å²) in [7, 11) is 0. The average molecular weight is 248 g/mol. The van der Waals surface area contributed by atoms with Gasteiger partial charge in [0.15, 0.2) is 5.79 Å². The van der Waals surface area contributed by atoms with E-state index in [1.807, 2.05) is 23.5 Å². The maximum atomic E-state index is 10.7. The topological polar surface area (TPSA) is 29.5 Å². The van der Waals surface area contributed by atoms with Crippen LogP contribution in [0.3, 0.4) is 0 Å². The van der Waals surface area contributed by atoms with Gasteiger partial charge in [-0.25, -0.2) is 0 Å². The summed E-state index contributed by atoms with van der Waals surface area (Å²) in [6.07, 6.45) is 4.18. The Morgan fingerprint density at radius 1 is 1.40 bits per heavy atom. The van der Waals surface area contributed by atoms with E-state index in [0.29, 0.717) is 0 Å². The Bertz CT molecular complexity index is 229. The zero-order valence-electron chi connectivity index (χ0n) is 9.49. The zero-order chi connectivity index (χ0) is 10.9. The highest BCUT2D eigenvalue weighted by atomic mass is 32.2. The first-order chi connectivity index (χ1) is 7.12. The van der Waals surface area contributed by atoms with Crippen molar-refractivity contribution < 1.29 is 9.84 Å². The van der Waals surface area contributed by atoms with E-state index in [1.165, 1.54) is 6.42 Å². The average Bonchev–Trinajstić information content (AvgIpc) is 2.40. The molecule has 2 unspecified atom stereocenters. The summed E-state index contributed by atoms with van der Waals surface area (Å²) in [4.78, 5) is 0. The van der Waals surface area contributed by atoms with Crippen LogP contribution in [0, 0.1) is 0 Å². The van der Waals surface area contributed by atoms with Gasteiger partial charge in [-0.3, -0.25) is 0 Å². The molecule has 88 valence electrons. The van der Waals surface area contributed by atoms with Gasteiger partial charge in [0.1, 0.15) is 4.08 Å². The van der Waals surface area contributed by atoms with Gasteiger partial charge in [-0.15, -0.1) is 23.5 Å². The number of ether oxygens (including phenoxy) is 1. The minimum absolute atomic E-state index is 0.0827. The smallest absolute Gasteiger partial charge is 0.190 e. The molecule has 0 aliphatic carbocycles. The third kappa shape index (κ3) is 2.06. The fraction of sp³-hybridized carbons (Fsp3) is 1.00. The quantitative estimate of drug-likeness (QED) is 0.814. The van der Waals surface area contributed by atoms with E-state index in [-0.39, 0.29) is 10.2 Å². The molecule has 2 aliphatic heterocycles. The molecule has 4 heteroatoms. The van der Waals surface area contributed by atoms with Gasteiger partial charge >= 0.3 is 0 Å². The lowest BCUT2D eigenvalue weighted by Crippen LogP contribution is -2.47. The highest BCUT2D eigenvalue weighted by Crippen LogP contribution is 2.58. The van der Waals surface area contributed by atoms with Crippen molar-refractivity contribution in [2.45, 2.75) is 55.5 Å². The number of thioether (sulfide) groups is 2. The molecule has 2 nitrogen and oxygen atoms in total. The summed E-state index contributed by atoms with van der Waals surface area (Å²) in [6, 6.07) is 0. The van der Waals surface area contributed by atoms with Crippen molar-refractivity contribution in [1.29, 1.82) is 0 Å². The predicted molar refractivity (Wildman–Crippen MR) is 67.3 cm³/mol. The molecule has 0 radical (unpaired) electrons. The molecule has 0 saturated carbocycles. The van der Waals surface area contributed by atoms with Crippen molar-refractivity contribution in [3.05, 3.63) is 0 Å². The van der Waals surface area contributed by atoms with Crippen LogP contribution in [-0.4, -0.2) is 32.6 Å². The van der Waals surface area contributed by atoms with Gasteiger partial charge in [0.05, 0.1) is 6.10 Å². The first kappa shape index (κ1) is 12.1. The van der Waals surface area contributed by atoms with Crippen LogP contribution in [0.15, 0.2) is 0 Å². The first-order valence-corrected chi connectivity index (χ1v) is 7.77. The molecule has 2 atom stereocenters. The number of rotatable bonds is 2. The Hall–Kier alpha value is 0.620. The van der Waals surface area contributed by atoms with E-state index in [1.54, 1.807) is 0 Å². The van der Waals surface area contributed by atoms with Crippen molar-refractivity contribution in [1.82, 2.24) is 0 Å². The van der Waals surface area contributed by atoms with Gasteiger partial charge in [0.2, 0.25) is 0 Å². The highest BCUT2D eigenvalue weighted by molar-refractivity contribution is 8.18. The maximum Gasteiger partial charge on any atom is 0.190 e. The molecule has 0 aromatic rings. The fourth-order valence-electron chi connectivity index (χ4n) is 2.51. The lowest BCUT2D eigenvalue weighted by molar-refractivity contribution is -0.194. The van der Waals surface area contributed by atoms with Gasteiger partial charge in [-0.05, 0) is 24.9 Å². The van der Waals surface area contributed by atoms with Crippen LogP contribution in [-0.2, 0) is 4.74 Å². The molecule has 0 amide bonds. The summed E-state index contributed by atoms with van der Waals surface area (Å²) < 4.78 is 5.71. The normalized spacial score (nSPS) is 39.8. The predicted octanol–water partition coefficient (Wildman–Crippen LogP) is 2.85. The molecule has 2 rings (SSSR count). The molecule has 2 saturated heterocycles. The van der Waals surface area contributed by atoms with Crippen molar-refractivity contribution in [3.8, 4) is 0 Å². The van der Waals surface area contributed by atoms with Crippen LogP contribution in [0.2, 0.25) is 0 Å². The summed E-state index contributed by atoms with van der Waals surface area (Å²) >= 11 is 3.82. The second kappa shape index (κ2) is 4.47. The Labute approximate surface area is 101 Å². The minimum atomic E-state index is -0.892. The number of aliphatic hydroxyl groups is 1. The molecular weight excluding hydrogens is 228 g/mol. The van der Waals surface area contributed by atoms with Crippen molar-refractivity contribution in [2.75, 3.05) is 11.5 Å². The van der Waals surface area contributed by atoms with E-state index in [9.17, 15) is 5.11 Å². The molecule has 2 aliphatic rings. The van der Waals surface area contributed by atoms with Crippen LogP contribution in [0.4, 0.5) is 0 Å². The van der Waals surface area contributed by atoms with Gasteiger partial charge in [-0.2, -0.15) is 0 Å². The molecule has 0 aromatic heterocycles. The molecular formula is C11H20O2S2. The summed E-state index contributed by atoms with van der Waals surface area (Å²) in [5.41, 5.74) is 0. The van der Waals surface area contributed by atoms with Gasteiger partial charge in [0.25, 0.3) is 0 Å². The van der Waals surface area contributed by atoms with Gasteiger partial charge in [0, 0.05) is 12.8 Å². The van der Waals surface area contributed by atoms with E-state index >= 15 is 0 Å². The van der Waals surface area contributed by atoms with Crippen LogP contribution in [0.1, 0.15) is 39.5 Å². The zero-order valence-corrected chi connectivity index (χ0v) is 11.1. The second-order valence-corrected chi connectivity index (χ2v) is 7.52. The van der Waals surface area contributed by atoms with Crippen LogP contribution < -0.4 is 0 Å². The maximum absolute atomic E-state index is 10.7. The van der Waals surface area contributed by atoms with Crippen LogP contribution in [0.25, 0.3) is 0 Å². The van der Waals surface area contributed by atoms with Crippen molar-refractivity contribution >= 4 is 23.5 Å². The summed E-state index contributed by atoms with van der Waals surface area (Å²) in [6.45, 7) is 4.18. The van der Waals surface area contributed by atoms with Crippen LogP contribution >= 0.6 is 23.5 Å². The largest absolute Gasteiger partial charge is 0.364 e. The minimum Gasteiger partial charge on any atom is -0.364 e. The number of hydrogen-bond acceptors (Lipinski definition) is 4. The Balaban J connectivity index is 2.19. The second-order valence-electron chi connectivity index (χ2n) is 4.47. The summed E-state index contributed by atoms with van der Waals surface area (Å²) in [5, 5.41) is 10.7. The van der Waals surface area contributed by atoms with Crippen molar-refractivity contribution in [3.63, 3.8) is 0 Å². The third-order valence-corrected chi connectivity index (χ3v) is 6.69. The third-order valence-electron chi connectivity index (χ3n) is 3.10. The molecule has 2 fully saturated rings. The van der Waals surface area contributed by atoms with Crippen molar-refractivity contribution in [2.24, 2.45) is 0 Å². The van der Waals surface area contributed by atoms with E-state index < -0.39 is 5.79 Å². The monoisotopic (exact) mass is 248 g/mol. The molecule has 0 bridgehead atoms. The Morgan fingerprint density at radius 3 is 2.67 bits per heavy atom. The number of hydrogen-bond donors (Lipinski definition) is 1. The fourth-order valence-corrected chi connectivity index (χ4v) is 6.22. The molecule has 1 N–H and O–H groups in total. The van der Waals surface area contributed by atoms with E-state index in [4.69, 9.17) is 4.74 Å². The lowest BCUT2D eigenvalue weighted by Gasteiger charge is -2.41. The van der Waals surface area contributed by atoms with E-state index in [2.05, 4.69) is 13.8 Å². The molecule has 0 aromatic carbocycles. The Kier molecular flexibility index (Phi) is 3.61.